The number of allylic oxidation sites excluding steroid dienone is 1. The second-order valence-corrected chi connectivity index (χ2v) is 5.28. The summed E-state index contributed by atoms with van der Waals surface area (Å²) in [6.07, 6.45) is -9.05. The molecule has 0 aliphatic heterocycles. The first-order chi connectivity index (χ1) is 12.4. The summed E-state index contributed by atoms with van der Waals surface area (Å²) in [4.78, 5) is 10.5. The third-order valence-corrected chi connectivity index (χ3v) is 3.30. The minimum absolute atomic E-state index is 0.424. The van der Waals surface area contributed by atoms with Gasteiger partial charge < -0.3 is 5.11 Å². The zero-order valence-electron chi connectivity index (χ0n) is 13.3. The number of hydrogen-bond donors (Lipinski definition) is 1. The number of carboxylic acids is 1. The van der Waals surface area contributed by atoms with E-state index in [0.717, 1.165) is 6.92 Å². The summed E-state index contributed by atoms with van der Waals surface area (Å²) in [5.74, 6) is -51.1. The molecule has 0 saturated heterocycles. The number of alkyl halides is 15. The predicted octanol–water partition coefficient (Wildman–Crippen LogP) is 5.78. The SMILES string of the molecule is CCC=C(C(=O)O)C(F)(F)C(F)(F)C(F)(F)C(F)(F)C(F)(F)C(F)(F)C(F)(F)F. The van der Waals surface area contributed by atoms with E-state index in [9.17, 15) is 70.7 Å². The molecule has 1 N–H and O–H groups in total. The number of aliphatic carboxylic acids is 1. The molecular formula is C12H7F15O2. The van der Waals surface area contributed by atoms with Gasteiger partial charge in [-0.05, 0) is 6.42 Å². The molecule has 0 aromatic carbocycles. The average molecular weight is 468 g/mol. The highest BCUT2D eigenvalue weighted by atomic mass is 19.4. The Bertz CT molecular complexity index is 659. The van der Waals surface area contributed by atoms with Crippen molar-refractivity contribution in [1.29, 1.82) is 0 Å². The first-order valence-corrected chi connectivity index (χ1v) is 6.67. The fourth-order valence-electron chi connectivity index (χ4n) is 1.69. The normalized spacial score (nSPS) is 16.2. The lowest BCUT2D eigenvalue weighted by atomic mass is 9.88. The van der Waals surface area contributed by atoms with Gasteiger partial charge in [0.15, 0.2) is 0 Å². The van der Waals surface area contributed by atoms with Crippen molar-refractivity contribution in [2.24, 2.45) is 0 Å². The average Bonchev–Trinajstić information content (AvgIpc) is 2.49. The van der Waals surface area contributed by atoms with E-state index < -0.39 is 65.8 Å². The van der Waals surface area contributed by atoms with Crippen LogP contribution in [-0.2, 0) is 4.79 Å². The molecule has 0 aliphatic rings. The molecule has 2 nitrogen and oxygen atoms in total. The Hall–Kier alpha value is -1.84. The van der Waals surface area contributed by atoms with Gasteiger partial charge in [-0.2, -0.15) is 65.9 Å². The van der Waals surface area contributed by atoms with Crippen LogP contribution in [0.25, 0.3) is 0 Å². The predicted molar refractivity (Wildman–Crippen MR) is 61.7 cm³/mol. The molecule has 0 bridgehead atoms. The molecule has 0 aromatic heterocycles. The van der Waals surface area contributed by atoms with Gasteiger partial charge in [0.25, 0.3) is 0 Å². The van der Waals surface area contributed by atoms with Crippen LogP contribution in [0.4, 0.5) is 65.9 Å². The summed E-state index contributed by atoms with van der Waals surface area (Å²) >= 11 is 0. The number of carbonyl (C=O) groups is 1. The number of carboxylic acid groups (broad SMARTS) is 1. The molecule has 0 heterocycles. The number of hydrogen-bond acceptors (Lipinski definition) is 1. The summed E-state index contributed by atoms with van der Waals surface area (Å²) in [5, 5.41) is 8.34. The van der Waals surface area contributed by atoms with Crippen molar-refractivity contribution >= 4 is 5.97 Å². The minimum Gasteiger partial charge on any atom is -0.478 e. The van der Waals surface area contributed by atoms with Crippen molar-refractivity contribution in [2.75, 3.05) is 0 Å². The quantitative estimate of drug-likeness (QED) is 0.362. The highest BCUT2D eigenvalue weighted by Crippen LogP contribution is 2.63. The highest BCUT2D eigenvalue weighted by molar-refractivity contribution is 5.88. The van der Waals surface area contributed by atoms with Gasteiger partial charge in [-0.25, -0.2) is 4.79 Å². The lowest BCUT2D eigenvalue weighted by molar-refractivity contribution is -0.450. The molecule has 0 aliphatic carbocycles. The zero-order valence-corrected chi connectivity index (χ0v) is 13.3. The molecule has 0 atom stereocenters. The van der Waals surface area contributed by atoms with E-state index >= 15 is 0 Å². The molecule has 0 amide bonds. The van der Waals surface area contributed by atoms with Crippen LogP contribution in [0.5, 0.6) is 0 Å². The van der Waals surface area contributed by atoms with Crippen molar-refractivity contribution in [3.63, 3.8) is 0 Å². The zero-order chi connectivity index (χ0) is 24.1. The summed E-state index contributed by atoms with van der Waals surface area (Å²) in [6, 6.07) is 0. The van der Waals surface area contributed by atoms with Gasteiger partial charge in [-0.1, -0.05) is 13.0 Å². The number of halogens is 15. The topological polar surface area (TPSA) is 37.3 Å². The molecule has 0 fully saturated rings. The van der Waals surface area contributed by atoms with Gasteiger partial charge in [0.05, 0.1) is 0 Å². The first kappa shape index (κ1) is 27.2. The molecule has 172 valence electrons. The molecule has 0 rings (SSSR count). The van der Waals surface area contributed by atoms with Crippen molar-refractivity contribution in [3.05, 3.63) is 11.6 Å². The molecular weight excluding hydrogens is 461 g/mol. The van der Waals surface area contributed by atoms with Crippen LogP contribution in [0, 0.1) is 0 Å². The Morgan fingerprint density at radius 3 is 1.24 bits per heavy atom. The Morgan fingerprint density at radius 2 is 0.966 bits per heavy atom. The Balaban J connectivity index is 6.80. The number of rotatable bonds is 8. The molecule has 0 saturated carbocycles. The second-order valence-electron chi connectivity index (χ2n) is 5.28. The third-order valence-electron chi connectivity index (χ3n) is 3.30. The highest BCUT2D eigenvalue weighted by Gasteiger charge is 2.93. The Morgan fingerprint density at radius 1 is 0.655 bits per heavy atom. The summed E-state index contributed by atoms with van der Waals surface area (Å²) in [7, 11) is 0. The third kappa shape index (κ3) is 3.60. The standard InChI is InChI=1S/C12H7F15O2/c1-2-3-4(5(28)29)6(13,14)7(15,16)8(17,18)9(19,20)10(21,22)11(23,24)12(25,26)27/h3H,2H2,1H3,(H,28,29). The smallest absolute Gasteiger partial charge is 0.460 e. The van der Waals surface area contributed by atoms with Gasteiger partial charge in [0.1, 0.15) is 5.57 Å². The summed E-state index contributed by atoms with van der Waals surface area (Å²) in [6.45, 7) is 0.752. The Kier molecular flexibility index (Phi) is 6.69. The van der Waals surface area contributed by atoms with E-state index in [4.69, 9.17) is 5.11 Å². The Labute approximate surface area is 150 Å². The van der Waals surface area contributed by atoms with Crippen LogP contribution in [0.15, 0.2) is 11.6 Å². The maximum atomic E-state index is 13.6. The van der Waals surface area contributed by atoms with Gasteiger partial charge in [0, 0.05) is 0 Å². The summed E-state index contributed by atoms with van der Waals surface area (Å²) in [5.41, 5.74) is -3.02. The lowest BCUT2D eigenvalue weighted by Gasteiger charge is -2.41. The van der Waals surface area contributed by atoms with E-state index in [1.54, 1.807) is 0 Å². The molecule has 0 unspecified atom stereocenters. The molecule has 29 heavy (non-hydrogen) atoms. The van der Waals surface area contributed by atoms with Crippen molar-refractivity contribution < 1.29 is 75.8 Å². The van der Waals surface area contributed by atoms with Gasteiger partial charge in [-0.3, -0.25) is 0 Å². The molecule has 0 spiro atoms. The largest absolute Gasteiger partial charge is 0.478 e. The van der Waals surface area contributed by atoms with E-state index in [1.165, 1.54) is 0 Å². The van der Waals surface area contributed by atoms with E-state index in [2.05, 4.69) is 0 Å². The van der Waals surface area contributed by atoms with Gasteiger partial charge in [0.2, 0.25) is 0 Å². The van der Waals surface area contributed by atoms with E-state index in [-0.39, 0.29) is 0 Å². The summed E-state index contributed by atoms with van der Waals surface area (Å²) < 4.78 is 194. The monoisotopic (exact) mass is 468 g/mol. The van der Waals surface area contributed by atoms with Crippen LogP contribution >= 0.6 is 0 Å². The minimum atomic E-state index is -8.44. The fraction of sp³-hybridized carbons (Fsp3) is 0.750. The van der Waals surface area contributed by atoms with Crippen LogP contribution < -0.4 is 0 Å². The van der Waals surface area contributed by atoms with Gasteiger partial charge >= 0.3 is 47.7 Å². The van der Waals surface area contributed by atoms with Crippen molar-refractivity contribution in [3.8, 4) is 0 Å². The fourth-order valence-corrected chi connectivity index (χ4v) is 1.69. The molecule has 0 radical (unpaired) electrons. The van der Waals surface area contributed by atoms with Gasteiger partial charge in [-0.15, -0.1) is 0 Å². The lowest BCUT2D eigenvalue weighted by Crippen LogP contribution is -2.72. The maximum absolute atomic E-state index is 13.6. The van der Waals surface area contributed by atoms with Crippen LogP contribution in [0.3, 0.4) is 0 Å². The van der Waals surface area contributed by atoms with E-state index in [1.807, 2.05) is 0 Å². The first-order valence-electron chi connectivity index (χ1n) is 6.67. The van der Waals surface area contributed by atoms with Crippen LogP contribution in [-0.4, -0.2) is 52.8 Å². The second kappa shape index (κ2) is 7.14. The molecule has 0 aromatic rings. The van der Waals surface area contributed by atoms with Crippen LogP contribution in [0.1, 0.15) is 13.3 Å². The van der Waals surface area contributed by atoms with Crippen molar-refractivity contribution in [1.82, 2.24) is 0 Å². The van der Waals surface area contributed by atoms with Crippen molar-refractivity contribution in [2.45, 2.75) is 55.1 Å². The van der Waals surface area contributed by atoms with E-state index in [0.29, 0.717) is 0 Å². The maximum Gasteiger partial charge on any atom is 0.460 e. The van der Waals surface area contributed by atoms with Crippen LogP contribution in [0.2, 0.25) is 0 Å². The molecule has 17 heteroatoms.